The maximum Gasteiger partial charge on any atom is 0.152 e. The van der Waals surface area contributed by atoms with Crippen molar-refractivity contribution in [1.82, 2.24) is 0 Å². The first-order valence-corrected chi connectivity index (χ1v) is 7.76. The van der Waals surface area contributed by atoms with Crippen molar-refractivity contribution in [3.05, 3.63) is 28.8 Å². The predicted octanol–water partition coefficient (Wildman–Crippen LogP) is 1.83. The summed E-state index contributed by atoms with van der Waals surface area (Å²) in [7, 11) is -1.13. The van der Waals surface area contributed by atoms with Gasteiger partial charge in [-0.2, -0.15) is 5.26 Å². The highest BCUT2D eigenvalue weighted by molar-refractivity contribution is 7.91. The molecule has 1 fully saturated rings. The summed E-state index contributed by atoms with van der Waals surface area (Å²) in [6, 6.07) is 7.19. The summed E-state index contributed by atoms with van der Waals surface area (Å²) in [5.74, 6) is 0.353. The number of benzene rings is 1. The Morgan fingerprint density at radius 1 is 1.50 bits per heavy atom. The van der Waals surface area contributed by atoms with Gasteiger partial charge < -0.3 is 4.90 Å². The summed E-state index contributed by atoms with van der Waals surface area (Å²) in [5.41, 5.74) is 1.08. The van der Waals surface area contributed by atoms with Crippen molar-refractivity contribution in [2.45, 2.75) is 12.5 Å². The van der Waals surface area contributed by atoms with Crippen molar-refractivity contribution >= 4 is 27.1 Å². The molecule has 1 atom stereocenters. The van der Waals surface area contributed by atoms with Gasteiger partial charge in [0.1, 0.15) is 6.07 Å². The summed E-state index contributed by atoms with van der Waals surface area (Å²) in [4.78, 5) is 1.84. The van der Waals surface area contributed by atoms with Crippen LogP contribution >= 0.6 is 11.6 Å². The van der Waals surface area contributed by atoms with Crippen LogP contribution in [-0.2, 0) is 9.84 Å². The first-order valence-electron chi connectivity index (χ1n) is 5.56. The molecule has 6 heteroatoms. The standard InChI is InChI=1S/C12H13ClN2O2S/c1-15(9-5-6-18(16,17)8-9)12-4-2-3-11(13)10(12)7-14/h2-4,9H,5-6,8H2,1H3. The Morgan fingerprint density at radius 3 is 2.78 bits per heavy atom. The van der Waals surface area contributed by atoms with Crippen LogP contribution < -0.4 is 4.90 Å². The summed E-state index contributed by atoms with van der Waals surface area (Å²) in [6.07, 6.45) is 0.593. The normalized spacial score (nSPS) is 21.5. The monoisotopic (exact) mass is 284 g/mol. The van der Waals surface area contributed by atoms with Gasteiger partial charge in [0.25, 0.3) is 0 Å². The van der Waals surface area contributed by atoms with E-state index in [1.54, 1.807) is 25.2 Å². The van der Waals surface area contributed by atoms with E-state index in [-0.39, 0.29) is 17.5 Å². The molecule has 18 heavy (non-hydrogen) atoms. The van der Waals surface area contributed by atoms with Crippen LogP contribution in [0.5, 0.6) is 0 Å². The van der Waals surface area contributed by atoms with Crippen LogP contribution in [0, 0.1) is 11.3 Å². The summed E-state index contributed by atoms with van der Waals surface area (Å²) in [5, 5.41) is 9.51. The zero-order valence-corrected chi connectivity index (χ0v) is 11.5. The third-order valence-corrected chi connectivity index (χ3v) is 5.30. The molecule has 1 saturated heterocycles. The Labute approximate surface area is 112 Å². The van der Waals surface area contributed by atoms with E-state index >= 15 is 0 Å². The number of halogens is 1. The Bertz CT molecular complexity index is 607. The molecular weight excluding hydrogens is 272 g/mol. The van der Waals surface area contributed by atoms with Gasteiger partial charge in [0.15, 0.2) is 9.84 Å². The molecule has 0 saturated carbocycles. The molecule has 0 aromatic heterocycles. The summed E-state index contributed by atoms with van der Waals surface area (Å²) >= 11 is 5.97. The van der Waals surface area contributed by atoms with Crippen molar-refractivity contribution in [3.63, 3.8) is 0 Å². The Hall–Kier alpha value is -1.25. The highest BCUT2D eigenvalue weighted by Crippen LogP contribution is 2.29. The van der Waals surface area contributed by atoms with E-state index in [1.165, 1.54) is 0 Å². The minimum absolute atomic E-state index is 0.0828. The van der Waals surface area contributed by atoms with Crippen LogP contribution in [-0.4, -0.2) is 33.0 Å². The molecule has 1 aromatic rings. The van der Waals surface area contributed by atoms with E-state index in [0.29, 0.717) is 22.7 Å². The molecule has 1 unspecified atom stereocenters. The fourth-order valence-corrected chi connectivity index (χ4v) is 4.18. The molecule has 0 amide bonds. The minimum atomic E-state index is -2.94. The summed E-state index contributed by atoms with van der Waals surface area (Å²) in [6.45, 7) is 0. The van der Waals surface area contributed by atoms with E-state index in [1.807, 2.05) is 4.90 Å². The molecule has 0 spiro atoms. The maximum absolute atomic E-state index is 11.5. The number of nitriles is 1. The lowest BCUT2D eigenvalue weighted by Crippen LogP contribution is -2.33. The molecule has 4 nitrogen and oxygen atoms in total. The quantitative estimate of drug-likeness (QED) is 0.831. The average Bonchev–Trinajstić information content (AvgIpc) is 2.68. The molecule has 0 aliphatic carbocycles. The van der Waals surface area contributed by atoms with Crippen molar-refractivity contribution < 1.29 is 8.42 Å². The third-order valence-electron chi connectivity index (χ3n) is 3.24. The van der Waals surface area contributed by atoms with E-state index < -0.39 is 9.84 Å². The molecule has 0 N–H and O–H groups in total. The fraction of sp³-hybridized carbons (Fsp3) is 0.417. The van der Waals surface area contributed by atoms with Crippen LogP contribution in [0.25, 0.3) is 0 Å². The molecule has 1 aliphatic rings. The Balaban J connectivity index is 2.33. The third kappa shape index (κ3) is 2.45. The van der Waals surface area contributed by atoms with Gasteiger partial charge in [0.05, 0.1) is 27.8 Å². The molecule has 2 rings (SSSR count). The van der Waals surface area contributed by atoms with Gasteiger partial charge in [-0.1, -0.05) is 17.7 Å². The van der Waals surface area contributed by atoms with E-state index in [0.717, 1.165) is 0 Å². The number of anilines is 1. The lowest BCUT2D eigenvalue weighted by Gasteiger charge is -2.26. The van der Waals surface area contributed by atoms with Gasteiger partial charge in [-0.15, -0.1) is 0 Å². The largest absolute Gasteiger partial charge is 0.369 e. The van der Waals surface area contributed by atoms with Gasteiger partial charge in [0, 0.05) is 13.1 Å². The predicted molar refractivity (Wildman–Crippen MR) is 71.6 cm³/mol. The number of nitrogens with zero attached hydrogens (tertiary/aromatic N) is 2. The zero-order chi connectivity index (χ0) is 13.3. The van der Waals surface area contributed by atoms with E-state index in [9.17, 15) is 8.42 Å². The minimum Gasteiger partial charge on any atom is -0.369 e. The van der Waals surface area contributed by atoms with Crippen LogP contribution in [0.3, 0.4) is 0 Å². The zero-order valence-electron chi connectivity index (χ0n) is 9.93. The second kappa shape index (κ2) is 4.79. The van der Waals surface area contributed by atoms with Gasteiger partial charge >= 0.3 is 0 Å². The average molecular weight is 285 g/mol. The number of rotatable bonds is 2. The van der Waals surface area contributed by atoms with Gasteiger partial charge in [-0.3, -0.25) is 0 Å². The second-order valence-electron chi connectivity index (χ2n) is 4.41. The lowest BCUT2D eigenvalue weighted by atomic mass is 10.1. The molecule has 0 bridgehead atoms. The number of hydrogen-bond donors (Lipinski definition) is 0. The van der Waals surface area contributed by atoms with Crippen LogP contribution in [0.1, 0.15) is 12.0 Å². The van der Waals surface area contributed by atoms with Crippen LogP contribution in [0.2, 0.25) is 5.02 Å². The maximum atomic E-state index is 11.5. The van der Waals surface area contributed by atoms with Gasteiger partial charge in [0.2, 0.25) is 0 Å². The van der Waals surface area contributed by atoms with Gasteiger partial charge in [-0.25, -0.2) is 8.42 Å². The number of sulfone groups is 1. The highest BCUT2D eigenvalue weighted by atomic mass is 35.5. The van der Waals surface area contributed by atoms with Crippen LogP contribution in [0.15, 0.2) is 18.2 Å². The van der Waals surface area contributed by atoms with E-state index in [4.69, 9.17) is 16.9 Å². The molecule has 1 heterocycles. The highest BCUT2D eigenvalue weighted by Gasteiger charge is 2.31. The smallest absolute Gasteiger partial charge is 0.152 e. The molecule has 1 aromatic carbocycles. The van der Waals surface area contributed by atoms with E-state index in [2.05, 4.69) is 6.07 Å². The second-order valence-corrected chi connectivity index (χ2v) is 7.05. The van der Waals surface area contributed by atoms with Crippen molar-refractivity contribution in [1.29, 1.82) is 5.26 Å². The first-order chi connectivity index (χ1) is 8.44. The van der Waals surface area contributed by atoms with Gasteiger partial charge in [-0.05, 0) is 18.6 Å². The van der Waals surface area contributed by atoms with Crippen LogP contribution in [0.4, 0.5) is 5.69 Å². The Morgan fingerprint density at radius 2 is 2.22 bits per heavy atom. The SMILES string of the molecule is CN(c1cccc(Cl)c1C#N)C1CCS(=O)(=O)C1. The molecule has 1 aliphatic heterocycles. The van der Waals surface area contributed by atoms with Crippen molar-refractivity contribution in [2.24, 2.45) is 0 Å². The van der Waals surface area contributed by atoms with Crippen molar-refractivity contribution in [2.75, 3.05) is 23.5 Å². The molecule has 0 radical (unpaired) electrons. The lowest BCUT2D eigenvalue weighted by molar-refractivity contribution is 0.601. The van der Waals surface area contributed by atoms with Crippen molar-refractivity contribution in [3.8, 4) is 6.07 Å². The fourth-order valence-electron chi connectivity index (χ4n) is 2.19. The Kier molecular flexibility index (Phi) is 3.51. The number of hydrogen-bond acceptors (Lipinski definition) is 4. The molecule has 96 valence electrons. The topological polar surface area (TPSA) is 61.2 Å². The summed E-state index contributed by atoms with van der Waals surface area (Å²) < 4.78 is 23.0. The molecular formula is C12H13ClN2O2S. The first kappa shape index (κ1) is 13.2.